The minimum atomic E-state index is -0.490. The van der Waals surface area contributed by atoms with E-state index in [-0.39, 0.29) is 0 Å². The molecule has 0 aliphatic rings. The Morgan fingerprint density at radius 3 is 1.62 bits per heavy atom. The molecule has 0 saturated heterocycles. The molecule has 6 nitrogen and oxygen atoms in total. The van der Waals surface area contributed by atoms with Gasteiger partial charge in [-0.25, -0.2) is 9.59 Å². The van der Waals surface area contributed by atoms with Crippen LogP contribution in [0.15, 0.2) is 0 Å². The van der Waals surface area contributed by atoms with Crippen LogP contribution in [0.5, 0.6) is 0 Å². The van der Waals surface area contributed by atoms with Gasteiger partial charge in [-0.3, -0.25) is 0 Å². The van der Waals surface area contributed by atoms with Gasteiger partial charge in [-0.1, -0.05) is 59.3 Å². The third-order valence-electron chi connectivity index (χ3n) is 3.64. The van der Waals surface area contributed by atoms with Crippen molar-refractivity contribution in [3.8, 4) is 0 Å². The smallest absolute Gasteiger partial charge is 0.408 e. The third-order valence-corrected chi connectivity index (χ3v) is 3.64. The minimum Gasteiger partial charge on any atom is -0.450 e. The van der Waals surface area contributed by atoms with Crippen LogP contribution in [0, 0.1) is 0 Å². The van der Waals surface area contributed by atoms with Crippen molar-refractivity contribution in [1.82, 2.24) is 10.6 Å². The minimum absolute atomic E-state index is 0.395. The largest absolute Gasteiger partial charge is 0.450 e. The van der Waals surface area contributed by atoms with Crippen LogP contribution in [-0.2, 0) is 9.47 Å². The summed E-state index contributed by atoms with van der Waals surface area (Å²) in [4.78, 5) is 23.6. The van der Waals surface area contributed by atoms with Gasteiger partial charge in [0.05, 0.1) is 13.2 Å². The maximum Gasteiger partial charge on any atom is 0.408 e. The molecule has 2 N–H and O–H groups in total. The lowest BCUT2D eigenvalue weighted by Crippen LogP contribution is -2.48. The highest BCUT2D eigenvalue weighted by molar-refractivity contribution is 5.70. The molecule has 0 aromatic rings. The van der Waals surface area contributed by atoms with Crippen LogP contribution in [0.25, 0.3) is 0 Å². The molecule has 0 spiro atoms. The van der Waals surface area contributed by atoms with Gasteiger partial charge in [0, 0.05) is 0 Å². The molecule has 0 rings (SSSR count). The molecular weight excluding hydrogens is 308 g/mol. The Morgan fingerprint density at radius 2 is 1.17 bits per heavy atom. The zero-order chi connectivity index (χ0) is 18.0. The first kappa shape index (κ1) is 22.5. The van der Waals surface area contributed by atoms with Crippen molar-refractivity contribution in [3.05, 3.63) is 0 Å². The number of amides is 2. The number of carbonyl (C=O) groups excluding carboxylic acids is 2. The molecule has 24 heavy (non-hydrogen) atoms. The van der Waals surface area contributed by atoms with Crippen molar-refractivity contribution < 1.29 is 19.1 Å². The van der Waals surface area contributed by atoms with E-state index in [0.717, 1.165) is 38.5 Å². The summed E-state index contributed by atoms with van der Waals surface area (Å²) in [6, 6.07) is 0. The molecular formula is C18H36N2O4. The molecule has 6 heteroatoms. The molecule has 2 amide bonds. The summed E-state index contributed by atoms with van der Waals surface area (Å²) in [5.41, 5.74) is 0. The Labute approximate surface area is 147 Å². The topological polar surface area (TPSA) is 76.7 Å². The second-order valence-corrected chi connectivity index (χ2v) is 6.02. The Morgan fingerprint density at radius 1 is 0.708 bits per heavy atom. The van der Waals surface area contributed by atoms with Gasteiger partial charge in [-0.05, 0) is 25.7 Å². The summed E-state index contributed by atoms with van der Waals surface area (Å²) < 4.78 is 10.2. The van der Waals surface area contributed by atoms with Crippen molar-refractivity contribution >= 4 is 12.2 Å². The van der Waals surface area contributed by atoms with Crippen molar-refractivity contribution in [1.29, 1.82) is 0 Å². The number of unbranched alkanes of at least 4 members (excludes halogenated alkanes) is 6. The van der Waals surface area contributed by atoms with E-state index in [0.29, 0.717) is 19.6 Å². The van der Waals surface area contributed by atoms with E-state index in [1.807, 2.05) is 13.8 Å². The van der Waals surface area contributed by atoms with Crippen molar-refractivity contribution in [2.24, 2.45) is 0 Å². The highest BCUT2D eigenvalue weighted by Gasteiger charge is 2.16. The monoisotopic (exact) mass is 344 g/mol. The first-order chi connectivity index (χ1) is 11.6. The number of hydrogen-bond acceptors (Lipinski definition) is 4. The molecule has 0 aromatic heterocycles. The van der Waals surface area contributed by atoms with E-state index in [2.05, 4.69) is 17.6 Å². The Bertz CT molecular complexity index is 300. The highest BCUT2D eigenvalue weighted by Crippen LogP contribution is 2.07. The Kier molecular flexibility index (Phi) is 15.4. The van der Waals surface area contributed by atoms with Crippen molar-refractivity contribution in [2.45, 2.75) is 91.1 Å². The molecule has 0 bridgehead atoms. The van der Waals surface area contributed by atoms with E-state index in [9.17, 15) is 9.59 Å². The van der Waals surface area contributed by atoms with Gasteiger partial charge in [0.15, 0.2) is 0 Å². The van der Waals surface area contributed by atoms with Gasteiger partial charge in [-0.15, -0.1) is 0 Å². The lowest BCUT2D eigenvalue weighted by Gasteiger charge is -2.20. The standard InChI is InChI=1S/C18H36N2O4/c1-4-7-10-11-12-13-16(19-17(21)23-14-8-5-2)20-18(22)24-15-9-6-3/h16H,4-15H2,1-3H3,(H,19,21)(H,20,22). The molecule has 0 aliphatic carbocycles. The SMILES string of the molecule is CCCCCCCC(NC(=O)OCCCC)NC(=O)OCCCC. The van der Waals surface area contributed by atoms with Crippen LogP contribution in [0.3, 0.4) is 0 Å². The summed E-state index contributed by atoms with van der Waals surface area (Å²) in [5, 5.41) is 5.43. The molecule has 0 radical (unpaired) electrons. The average molecular weight is 344 g/mol. The van der Waals surface area contributed by atoms with E-state index in [1.54, 1.807) is 0 Å². The van der Waals surface area contributed by atoms with Gasteiger partial charge in [0.2, 0.25) is 0 Å². The summed E-state index contributed by atoms with van der Waals surface area (Å²) >= 11 is 0. The van der Waals surface area contributed by atoms with Crippen LogP contribution >= 0.6 is 0 Å². The molecule has 0 saturated carbocycles. The van der Waals surface area contributed by atoms with E-state index in [4.69, 9.17) is 9.47 Å². The molecule has 0 unspecified atom stereocenters. The summed E-state index contributed by atoms with van der Waals surface area (Å²) in [6.07, 6.45) is 8.45. The lowest BCUT2D eigenvalue weighted by atomic mass is 10.1. The maximum atomic E-state index is 11.8. The average Bonchev–Trinajstić information content (AvgIpc) is 2.55. The van der Waals surface area contributed by atoms with Gasteiger partial charge in [0.1, 0.15) is 6.17 Å². The van der Waals surface area contributed by atoms with Gasteiger partial charge in [-0.2, -0.15) is 0 Å². The molecule has 0 heterocycles. The lowest BCUT2D eigenvalue weighted by molar-refractivity contribution is 0.126. The van der Waals surface area contributed by atoms with Crippen LogP contribution in [0.4, 0.5) is 9.59 Å². The van der Waals surface area contributed by atoms with E-state index < -0.39 is 18.4 Å². The maximum absolute atomic E-state index is 11.8. The first-order valence-electron chi connectivity index (χ1n) is 9.50. The van der Waals surface area contributed by atoms with E-state index in [1.165, 1.54) is 19.3 Å². The molecule has 0 aliphatic heterocycles. The van der Waals surface area contributed by atoms with Gasteiger partial charge >= 0.3 is 12.2 Å². The van der Waals surface area contributed by atoms with E-state index >= 15 is 0 Å². The second-order valence-electron chi connectivity index (χ2n) is 6.02. The zero-order valence-corrected chi connectivity index (χ0v) is 15.7. The molecule has 142 valence electrons. The number of carbonyl (C=O) groups is 2. The predicted molar refractivity (Wildman–Crippen MR) is 95.9 cm³/mol. The molecule has 0 atom stereocenters. The number of ether oxygens (including phenoxy) is 2. The number of hydrogen-bond donors (Lipinski definition) is 2. The number of alkyl carbamates (subject to hydrolysis) is 2. The second kappa shape index (κ2) is 16.4. The van der Waals surface area contributed by atoms with Crippen LogP contribution < -0.4 is 10.6 Å². The summed E-state index contributed by atoms with van der Waals surface area (Å²) in [5.74, 6) is 0. The van der Waals surface area contributed by atoms with Crippen molar-refractivity contribution in [3.63, 3.8) is 0 Å². The van der Waals surface area contributed by atoms with Gasteiger partial charge < -0.3 is 20.1 Å². The third kappa shape index (κ3) is 14.2. The molecule has 0 aromatic carbocycles. The Balaban J connectivity index is 4.20. The van der Waals surface area contributed by atoms with Crippen LogP contribution in [0.1, 0.15) is 85.0 Å². The number of nitrogens with one attached hydrogen (secondary N) is 2. The van der Waals surface area contributed by atoms with Crippen LogP contribution in [0.2, 0.25) is 0 Å². The fourth-order valence-corrected chi connectivity index (χ4v) is 2.12. The molecule has 0 fully saturated rings. The number of rotatable bonds is 14. The zero-order valence-electron chi connectivity index (χ0n) is 15.7. The summed E-state index contributed by atoms with van der Waals surface area (Å²) in [7, 11) is 0. The Hall–Kier alpha value is -1.46. The quantitative estimate of drug-likeness (QED) is 0.353. The highest BCUT2D eigenvalue weighted by atomic mass is 16.6. The van der Waals surface area contributed by atoms with Crippen molar-refractivity contribution in [2.75, 3.05) is 13.2 Å². The normalized spacial score (nSPS) is 10.5. The van der Waals surface area contributed by atoms with Gasteiger partial charge in [0.25, 0.3) is 0 Å². The van der Waals surface area contributed by atoms with Crippen LogP contribution in [-0.4, -0.2) is 31.6 Å². The summed E-state index contributed by atoms with van der Waals surface area (Å²) in [6.45, 7) is 7.03. The predicted octanol–water partition coefficient (Wildman–Crippen LogP) is 4.73. The fourth-order valence-electron chi connectivity index (χ4n) is 2.12. The fraction of sp³-hybridized carbons (Fsp3) is 0.889. The first-order valence-corrected chi connectivity index (χ1v) is 9.50.